The lowest BCUT2D eigenvalue weighted by Gasteiger charge is -2.40. The second-order valence-corrected chi connectivity index (χ2v) is 6.98. The van der Waals surface area contributed by atoms with E-state index in [9.17, 15) is 18.7 Å². The highest BCUT2D eigenvalue weighted by Gasteiger charge is 2.36. The van der Waals surface area contributed by atoms with Crippen LogP contribution in [0.3, 0.4) is 0 Å². The molecule has 0 aromatic heterocycles. The van der Waals surface area contributed by atoms with Crippen LogP contribution in [0, 0.1) is 11.6 Å². The van der Waals surface area contributed by atoms with E-state index in [0.29, 0.717) is 34.0 Å². The molecule has 124 valence electrons. The van der Waals surface area contributed by atoms with Crippen LogP contribution in [0.4, 0.5) is 14.5 Å². The molecular formula is C16H11ClF2N2O2S. The van der Waals surface area contributed by atoms with Gasteiger partial charge in [0.15, 0.2) is 0 Å². The molecule has 0 fully saturated rings. The van der Waals surface area contributed by atoms with Crippen molar-refractivity contribution in [2.45, 2.75) is 11.2 Å². The zero-order valence-corrected chi connectivity index (χ0v) is 13.7. The molecule has 2 N–H and O–H groups in total. The second kappa shape index (κ2) is 5.61. The van der Waals surface area contributed by atoms with Gasteiger partial charge in [-0.3, -0.25) is 4.79 Å². The maximum Gasteiger partial charge on any atom is 0.256 e. The Morgan fingerprint density at radius 3 is 2.83 bits per heavy atom. The van der Waals surface area contributed by atoms with Crippen LogP contribution in [0.1, 0.15) is 10.4 Å². The fourth-order valence-corrected chi connectivity index (χ4v) is 4.62. The molecule has 0 spiro atoms. The Labute approximate surface area is 145 Å². The number of amides is 1. The van der Waals surface area contributed by atoms with Crippen molar-refractivity contribution in [2.75, 3.05) is 17.2 Å². The highest BCUT2D eigenvalue weighted by molar-refractivity contribution is 7.99. The van der Waals surface area contributed by atoms with Crippen LogP contribution in [0.5, 0.6) is 0 Å². The molecule has 8 heteroatoms. The number of benzene rings is 2. The number of halogens is 3. The van der Waals surface area contributed by atoms with Crippen molar-refractivity contribution in [3.05, 3.63) is 46.5 Å². The van der Waals surface area contributed by atoms with E-state index in [4.69, 9.17) is 11.6 Å². The van der Waals surface area contributed by atoms with Crippen LogP contribution >= 0.6 is 23.4 Å². The third-order valence-electron chi connectivity index (χ3n) is 4.07. The number of carbonyl (C=O) groups excluding carboxylic acids is 1. The lowest BCUT2D eigenvalue weighted by Crippen LogP contribution is -2.54. The Morgan fingerprint density at radius 2 is 2.08 bits per heavy atom. The Morgan fingerprint density at radius 1 is 1.29 bits per heavy atom. The summed E-state index contributed by atoms with van der Waals surface area (Å²) < 4.78 is 27.5. The van der Waals surface area contributed by atoms with Crippen molar-refractivity contribution in [2.24, 2.45) is 0 Å². The van der Waals surface area contributed by atoms with E-state index < -0.39 is 23.9 Å². The molecule has 0 bridgehead atoms. The maximum atomic E-state index is 14.3. The molecule has 1 unspecified atom stereocenters. The van der Waals surface area contributed by atoms with Crippen molar-refractivity contribution in [1.29, 1.82) is 0 Å². The summed E-state index contributed by atoms with van der Waals surface area (Å²) >= 11 is 7.76. The molecule has 4 rings (SSSR count). The first-order valence-corrected chi connectivity index (χ1v) is 8.54. The fourth-order valence-electron chi connectivity index (χ4n) is 3.03. The summed E-state index contributed by atoms with van der Waals surface area (Å²) in [6.07, 6.45) is -1.14. The minimum atomic E-state index is -1.14. The van der Waals surface area contributed by atoms with Crippen molar-refractivity contribution >= 4 is 35.0 Å². The normalized spacial score (nSPS) is 19.1. The van der Waals surface area contributed by atoms with Gasteiger partial charge in [0.05, 0.1) is 16.3 Å². The number of nitrogens with one attached hydrogen (secondary N) is 1. The van der Waals surface area contributed by atoms with E-state index in [1.807, 2.05) is 0 Å². The molecule has 1 atom stereocenters. The number of aliphatic hydroxyl groups excluding tert-OH is 1. The van der Waals surface area contributed by atoms with E-state index in [1.54, 1.807) is 4.90 Å². The first kappa shape index (κ1) is 15.7. The Kier molecular flexibility index (Phi) is 3.67. The summed E-state index contributed by atoms with van der Waals surface area (Å²) in [6.45, 7) is 0.527. The quantitative estimate of drug-likeness (QED) is 0.811. The van der Waals surface area contributed by atoms with Crippen LogP contribution in [-0.2, 0) is 0 Å². The van der Waals surface area contributed by atoms with Crippen LogP contribution in [-0.4, -0.2) is 29.7 Å². The van der Waals surface area contributed by atoms with Gasteiger partial charge in [0.1, 0.15) is 11.6 Å². The molecule has 2 aromatic rings. The topological polar surface area (TPSA) is 52.6 Å². The van der Waals surface area contributed by atoms with Gasteiger partial charge in [-0.05, 0) is 18.2 Å². The third kappa shape index (κ3) is 2.27. The number of aliphatic hydroxyl groups is 1. The molecule has 2 aliphatic heterocycles. The number of nitrogens with zero attached hydrogens (tertiary/aromatic N) is 1. The summed E-state index contributed by atoms with van der Waals surface area (Å²) in [5.74, 6) is -1.21. The van der Waals surface area contributed by atoms with Crippen molar-refractivity contribution in [1.82, 2.24) is 5.32 Å². The average Bonchev–Trinajstić information content (AvgIpc) is 2.53. The molecule has 4 nitrogen and oxygen atoms in total. The average molecular weight is 369 g/mol. The number of hydrogen-bond acceptors (Lipinski definition) is 4. The largest absolute Gasteiger partial charge is 0.356 e. The molecule has 0 radical (unpaired) electrons. The first-order valence-electron chi connectivity index (χ1n) is 7.17. The van der Waals surface area contributed by atoms with Gasteiger partial charge in [-0.15, -0.1) is 11.8 Å². The molecular weight excluding hydrogens is 358 g/mol. The zero-order chi connectivity index (χ0) is 17.0. The molecule has 24 heavy (non-hydrogen) atoms. The number of rotatable bonds is 1. The molecule has 2 aliphatic rings. The van der Waals surface area contributed by atoms with Crippen molar-refractivity contribution in [3.8, 4) is 11.1 Å². The summed E-state index contributed by atoms with van der Waals surface area (Å²) in [7, 11) is 0. The van der Waals surface area contributed by atoms with Crippen LogP contribution in [0.2, 0.25) is 5.02 Å². The Bertz CT molecular complexity index is 878. The molecule has 0 aliphatic carbocycles. The van der Waals surface area contributed by atoms with Gasteiger partial charge < -0.3 is 15.3 Å². The maximum absolute atomic E-state index is 14.3. The van der Waals surface area contributed by atoms with Gasteiger partial charge in [-0.25, -0.2) is 8.78 Å². The molecule has 0 saturated carbocycles. The number of thioether (sulfide) groups is 1. The Balaban J connectivity index is 2.02. The minimum absolute atomic E-state index is 0.161. The van der Waals surface area contributed by atoms with Crippen molar-refractivity contribution in [3.63, 3.8) is 0 Å². The van der Waals surface area contributed by atoms with Gasteiger partial charge in [-0.2, -0.15) is 0 Å². The monoisotopic (exact) mass is 368 g/mol. The van der Waals surface area contributed by atoms with Gasteiger partial charge in [0, 0.05) is 34.4 Å². The van der Waals surface area contributed by atoms with Crippen LogP contribution < -0.4 is 10.2 Å². The van der Waals surface area contributed by atoms with E-state index in [1.165, 1.54) is 23.9 Å². The summed E-state index contributed by atoms with van der Waals surface area (Å²) in [5.41, 5.74) is 1.43. The molecule has 2 aromatic carbocycles. The number of hydrogen-bond donors (Lipinski definition) is 2. The SMILES string of the molecule is O=C1NC(O)N2CCSc3c(-c4ccc(F)cc4F)c(Cl)cc1c32. The molecule has 2 heterocycles. The van der Waals surface area contributed by atoms with E-state index >= 15 is 0 Å². The lowest BCUT2D eigenvalue weighted by molar-refractivity contribution is 0.0744. The highest BCUT2D eigenvalue weighted by atomic mass is 35.5. The fraction of sp³-hybridized carbons (Fsp3) is 0.188. The standard InChI is InChI=1S/C16H11ClF2N2O2S/c17-10-6-9-13-14(12(10)8-2-1-7(18)5-11(8)19)24-4-3-21(13)16(23)20-15(9)22/h1-2,5-6,16,23H,3-4H2,(H,20,22). The smallest absolute Gasteiger partial charge is 0.256 e. The summed E-state index contributed by atoms with van der Waals surface area (Å²) in [4.78, 5) is 14.4. The third-order valence-corrected chi connectivity index (χ3v) is 5.44. The van der Waals surface area contributed by atoms with Gasteiger partial charge in [0.25, 0.3) is 5.91 Å². The van der Waals surface area contributed by atoms with Gasteiger partial charge >= 0.3 is 0 Å². The number of anilines is 1. The van der Waals surface area contributed by atoms with Gasteiger partial charge in [-0.1, -0.05) is 11.6 Å². The van der Waals surface area contributed by atoms with E-state index in [-0.39, 0.29) is 10.6 Å². The van der Waals surface area contributed by atoms with E-state index in [0.717, 1.165) is 12.1 Å². The zero-order valence-electron chi connectivity index (χ0n) is 12.1. The number of carbonyl (C=O) groups is 1. The van der Waals surface area contributed by atoms with Crippen LogP contribution in [0.25, 0.3) is 11.1 Å². The van der Waals surface area contributed by atoms with E-state index in [2.05, 4.69) is 5.32 Å². The lowest BCUT2D eigenvalue weighted by atomic mass is 9.99. The minimum Gasteiger partial charge on any atom is -0.356 e. The first-order chi connectivity index (χ1) is 11.5. The summed E-state index contributed by atoms with van der Waals surface area (Å²) in [5, 5.41) is 12.8. The second-order valence-electron chi connectivity index (χ2n) is 5.47. The van der Waals surface area contributed by atoms with Crippen molar-refractivity contribution < 1.29 is 18.7 Å². The molecule has 1 amide bonds. The van der Waals surface area contributed by atoms with Crippen LogP contribution in [0.15, 0.2) is 29.2 Å². The molecule has 0 saturated heterocycles. The van der Waals surface area contributed by atoms with Gasteiger partial charge in [0.2, 0.25) is 6.35 Å². The highest BCUT2D eigenvalue weighted by Crippen LogP contribution is 2.49. The summed E-state index contributed by atoms with van der Waals surface area (Å²) in [6, 6.07) is 4.74. The predicted molar refractivity (Wildman–Crippen MR) is 88.3 cm³/mol. The Hall–Kier alpha value is -1.83. The predicted octanol–water partition coefficient (Wildman–Crippen LogP) is 3.22.